The molecule has 0 unspecified atom stereocenters. The van der Waals surface area contributed by atoms with E-state index in [2.05, 4.69) is 13.8 Å². The predicted molar refractivity (Wildman–Crippen MR) is 115 cm³/mol. The Labute approximate surface area is 175 Å². The van der Waals surface area contributed by atoms with Crippen molar-refractivity contribution in [2.24, 2.45) is 0 Å². The summed E-state index contributed by atoms with van der Waals surface area (Å²) in [6.45, 7) is 4.26. The summed E-state index contributed by atoms with van der Waals surface area (Å²) < 4.78 is 5.56. The van der Waals surface area contributed by atoms with Crippen molar-refractivity contribution in [2.75, 3.05) is 12.0 Å². The highest BCUT2D eigenvalue weighted by Gasteiger charge is 2.43. The molecule has 0 radical (unpaired) electrons. The Kier molecular flexibility index (Phi) is 6.75. The summed E-state index contributed by atoms with van der Waals surface area (Å²) in [6, 6.07) is 13.1. The number of rotatable bonds is 8. The molecule has 2 amide bonds. The fraction of sp³-hybridized carbons (Fsp3) is 0.348. The summed E-state index contributed by atoms with van der Waals surface area (Å²) in [4.78, 5) is 39.6. The van der Waals surface area contributed by atoms with Gasteiger partial charge in [-0.1, -0.05) is 38.1 Å². The molecule has 2 atom stereocenters. The van der Waals surface area contributed by atoms with Gasteiger partial charge in [-0.3, -0.25) is 14.5 Å². The van der Waals surface area contributed by atoms with Gasteiger partial charge in [-0.15, -0.1) is 0 Å². The van der Waals surface area contributed by atoms with Gasteiger partial charge in [-0.2, -0.15) is 11.8 Å². The first-order chi connectivity index (χ1) is 14.0. The van der Waals surface area contributed by atoms with E-state index in [1.54, 1.807) is 48.2 Å². The van der Waals surface area contributed by atoms with E-state index in [1.165, 1.54) is 5.56 Å². The van der Waals surface area contributed by atoms with Crippen LogP contribution in [0.5, 0.6) is 5.75 Å². The van der Waals surface area contributed by atoms with Crippen LogP contribution in [0.1, 0.15) is 58.9 Å². The number of fused-ring (bicyclic) bond motifs is 1. The smallest absolute Gasteiger partial charge is 0.334 e. The molecule has 29 heavy (non-hydrogen) atoms. The predicted octanol–water partition coefficient (Wildman–Crippen LogP) is 4.52. The highest BCUT2D eigenvalue weighted by molar-refractivity contribution is 7.98. The lowest BCUT2D eigenvalue weighted by atomic mass is 9.99. The summed E-state index contributed by atoms with van der Waals surface area (Å²) in [6.07, 6.45) is 3.28. The van der Waals surface area contributed by atoms with Gasteiger partial charge in [0, 0.05) is 0 Å². The van der Waals surface area contributed by atoms with Crippen molar-refractivity contribution < 1.29 is 19.1 Å². The van der Waals surface area contributed by atoms with Gasteiger partial charge in [-0.05, 0) is 60.6 Å². The van der Waals surface area contributed by atoms with Gasteiger partial charge in [0.1, 0.15) is 11.8 Å². The molecule has 2 aromatic rings. The van der Waals surface area contributed by atoms with Gasteiger partial charge in [0.15, 0.2) is 0 Å². The first-order valence-electron chi connectivity index (χ1n) is 9.75. The standard InChI is InChI=1S/C23H25NO4S/c1-4-15(2)16-9-11-17(12-10-16)28-23(27)20(13-14-29-3)24-21(25)18-7-5-6-8-19(18)22(24)26/h5-12,15,20H,4,13-14H2,1-3H3/t15-,20-/m1/s1. The molecule has 1 aliphatic rings. The second-order valence-electron chi connectivity index (χ2n) is 7.12. The monoisotopic (exact) mass is 411 g/mol. The van der Waals surface area contributed by atoms with Crippen molar-refractivity contribution in [1.82, 2.24) is 4.90 Å². The minimum Gasteiger partial charge on any atom is -0.425 e. The molecule has 0 spiro atoms. The molecular formula is C23H25NO4S. The summed E-state index contributed by atoms with van der Waals surface area (Å²) in [7, 11) is 0. The van der Waals surface area contributed by atoms with Crippen LogP contribution in [-0.4, -0.2) is 40.7 Å². The zero-order chi connectivity index (χ0) is 21.0. The Morgan fingerprint density at radius 2 is 1.62 bits per heavy atom. The van der Waals surface area contributed by atoms with Crippen LogP contribution in [0, 0.1) is 0 Å². The molecule has 0 bridgehead atoms. The van der Waals surface area contributed by atoms with Crippen molar-refractivity contribution in [3.8, 4) is 5.75 Å². The van der Waals surface area contributed by atoms with E-state index >= 15 is 0 Å². The van der Waals surface area contributed by atoms with Crippen molar-refractivity contribution in [3.63, 3.8) is 0 Å². The van der Waals surface area contributed by atoms with E-state index in [1.807, 2.05) is 18.4 Å². The molecule has 6 heteroatoms. The van der Waals surface area contributed by atoms with Crippen LogP contribution in [0.3, 0.4) is 0 Å². The lowest BCUT2D eigenvalue weighted by Gasteiger charge is -2.24. The van der Waals surface area contributed by atoms with Crippen LogP contribution in [0.25, 0.3) is 0 Å². The second kappa shape index (κ2) is 9.27. The van der Waals surface area contributed by atoms with Crippen molar-refractivity contribution >= 4 is 29.5 Å². The maximum atomic E-state index is 12.9. The molecule has 0 saturated carbocycles. The number of ether oxygens (including phenoxy) is 1. The van der Waals surface area contributed by atoms with Crippen molar-refractivity contribution in [1.29, 1.82) is 0 Å². The molecule has 1 aliphatic heterocycles. The normalized spacial score (nSPS) is 15.2. The van der Waals surface area contributed by atoms with Crippen LogP contribution in [0.15, 0.2) is 48.5 Å². The summed E-state index contributed by atoms with van der Waals surface area (Å²) in [5.74, 6) is -0.0215. The third-order valence-corrected chi connectivity index (χ3v) is 5.93. The van der Waals surface area contributed by atoms with E-state index in [9.17, 15) is 14.4 Å². The lowest BCUT2D eigenvalue weighted by molar-refractivity contribution is -0.138. The number of esters is 1. The van der Waals surface area contributed by atoms with E-state index in [0.29, 0.717) is 35.0 Å². The van der Waals surface area contributed by atoms with Gasteiger partial charge < -0.3 is 4.74 Å². The number of amides is 2. The Morgan fingerprint density at radius 1 is 1.03 bits per heavy atom. The minimum atomic E-state index is -0.955. The van der Waals surface area contributed by atoms with Crippen LogP contribution in [0.4, 0.5) is 0 Å². The number of nitrogens with zero attached hydrogens (tertiary/aromatic N) is 1. The average molecular weight is 412 g/mol. The molecule has 2 aromatic carbocycles. The molecule has 1 heterocycles. The van der Waals surface area contributed by atoms with Crippen LogP contribution < -0.4 is 4.74 Å². The quantitative estimate of drug-likeness (QED) is 0.363. The van der Waals surface area contributed by atoms with Crippen LogP contribution in [0.2, 0.25) is 0 Å². The Hall–Kier alpha value is -2.60. The average Bonchev–Trinajstić information content (AvgIpc) is 2.99. The highest BCUT2D eigenvalue weighted by Crippen LogP contribution is 2.27. The zero-order valence-electron chi connectivity index (χ0n) is 16.9. The topological polar surface area (TPSA) is 63.7 Å². The Morgan fingerprint density at radius 3 is 2.14 bits per heavy atom. The molecule has 0 aromatic heterocycles. The van der Waals surface area contributed by atoms with E-state index in [4.69, 9.17) is 4.74 Å². The van der Waals surface area contributed by atoms with Crippen LogP contribution in [-0.2, 0) is 4.79 Å². The number of benzene rings is 2. The molecule has 5 nitrogen and oxygen atoms in total. The van der Waals surface area contributed by atoms with Gasteiger partial charge >= 0.3 is 5.97 Å². The van der Waals surface area contributed by atoms with Crippen molar-refractivity contribution in [2.45, 2.75) is 38.6 Å². The molecule has 0 N–H and O–H groups in total. The van der Waals surface area contributed by atoms with Gasteiger partial charge in [-0.25, -0.2) is 4.79 Å². The highest BCUT2D eigenvalue weighted by atomic mass is 32.2. The summed E-state index contributed by atoms with van der Waals surface area (Å²) in [5.41, 5.74) is 1.83. The second-order valence-corrected chi connectivity index (χ2v) is 8.11. The molecule has 152 valence electrons. The minimum absolute atomic E-state index is 0.331. The largest absolute Gasteiger partial charge is 0.425 e. The van der Waals surface area contributed by atoms with Gasteiger partial charge in [0.05, 0.1) is 11.1 Å². The summed E-state index contributed by atoms with van der Waals surface area (Å²) in [5, 5.41) is 0. The van der Waals surface area contributed by atoms with E-state index < -0.39 is 23.8 Å². The Balaban J connectivity index is 1.81. The molecule has 3 rings (SSSR count). The molecule has 0 saturated heterocycles. The number of hydrogen-bond acceptors (Lipinski definition) is 5. The zero-order valence-corrected chi connectivity index (χ0v) is 17.7. The van der Waals surface area contributed by atoms with E-state index in [0.717, 1.165) is 11.3 Å². The van der Waals surface area contributed by atoms with Gasteiger partial charge in [0.2, 0.25) is 0 Å². The number of thioether (sulfide) groups is 1. The first kappa shape index (κ1) is 21.1. The van der Waals surface area contributed by atoms with Gasteiger partial charge in [0.25, 0.3) is 11.8 Å². The maximum absolute atomic E-state index is 12.9. The molecule has 0 aliphatic carbocycles. The number of carbonyl (C=O) groups is 3. The SMILES string of the molecule is CC[C@@H](C)c1ccc(OC(=O)[C@@H](CCSC)N2C(=O)c3ccccc3C2=O)cc1. The number of hydrogen-bond donors (Lipinski definition) is 0. The van der Waals surface area contributed by atoms with Crippen LogP contribution >= 0.6 is 11.8 Å². The third kappa shape index (κ3) is 4.37. The summed E-state index contributed by atoms with van der Waals surface area (Å²) >= 11 is 1.55. The fourth-order valence-corrected chi connectivity index (χ4v) is 3.82. The maximum Gasteiger partial charge on any atom is 0.334 e. The number of carbonyl (C=O) groups excluding carboxylic acids is 3. The van der Waals surface area contributed by atoms with E-state index in [-0.39, 0.29) is 0 Å². The Bertz CT molecular complexity index is 874. The number of imide groups is 1. The first-order valence-corrected chi connectivity index (χ1v) is 11.1. The molecular weight excluding hydrogens is 386 g/mol. The lowest BCUT2D eigenvalue weighted by Crippen LogP contribution is -2.47. The third-order valence-electron chi connectivity index (χ3n) is 5.28. The molecule has 0 fully saturated rings. The fourth-order valence-electron chi connectivity index (χ4n) is 3.36. The van der Waals surface area contributed by atoms with Crippen molar-refractivity contribution in [3.05, 3.63) is 65.2 Å².